The second kappa shape index (κ2) is 11.2. The lowest BCUT2D eigenvalue weighted by Gasteiger charge is -2.36. The summed E-state index contributed by atoms with van der Waals surface area (Å²) in [6.45, 7) is 10.2. The zero-order valence-electron chi connectivity index (χ0n) is 16.3. The number of carbonyl (C=O) groups excluding carboxylic acids is 1. The van der Waals surface area contributed by atoms with Crippen molar-refractivity contribution in [1.82, 2.24) is 20.4 Å². The number of hydrogen-bond donors (Lipinski definition) is 2. The Hall–Kier alpha value is -0.870. The first-order valence-electron chi connectivity index (χ1n) is 9.72. The number of halogens is 1. The van der Waals surface area contributed by atoms with Crippen LogP contribution < -0.4 is 10.6 Å². The number of hydrogen-bond acceptors (Lipinski definition) is 4. The minimum atomic E-state index is 0. The lowest BCUT2D eigenvalue weighted by molar-refractivity contribution is -0.122. The van der Waals surface area contributed by atoms with Crippen LogP contribution in [-0.4, -0.2) is 73.5 Å². The minimum Gasteiger partial charge on any atom is -0.357 e. The first-order valence-corrected chi connectivity index (χ1v) is 10.7. The van der Waals surface area contributed by atoms with Crippen LogP contribution in [0.2, 0.25) is 0 Å². The molecule has 1 aliphatic heterocycles. The molecule has 1 unspecified atom stereocenters. The van der Waals surface area contributed by atoms with E-state index in [1.54, 1.807) is 11.3 Å². The van der Waals surface area contributed by atoms with E-state index in [4.69, 9.17) is 4.99 Å². The molecule has 2 N–H and O–H groups in total. The van der Waals surface area contributed by atoms with Crippen molar-refractivity contribution in [3.63, 3.8) is 0 Å². The van der Waals surface area contributed by atoms with Crippen LogP contribution in [0.3, 0.4) is 0 Å². The lowest BCUT2D eigenvalue weighted by atomic mass is 10.1. The van der Waals surface area contributed by atoms with Crippen LogP contribution in [0.1, 0.15) is 38.2 Å². The Morgan fingerprint density at radius 3 is 2.67 bits per heavy atom. The second-order valence-electron chi connectivity index (χ2n) is 7.26. The van der Waals surface area contributed by atoms with Gasteiger partial charge in [-0.1, -0.05) is 6.92 Å². The number of amides is 1. The minimum absolute atomic E-state index is 0. The molecule has 27 heavy (non-hydrogen) atoms. The van der Waals surface area contributed by atoms with Crippen molar-refractivity contribution in [1.29, 1.82) is 0 Å². The summed E-state index contributed by atoms with van der Waals surface area (Å²) in [5.74, 6) is 1.60. The molecule has 152 valence electrons. The average Bonchev–Trinajstić information content (AvgIpc) is 3.27. The Labute approximate surface area is 183 Å². The number of aliphatic imine (C=N–C) groups is 1. The van der Waals surface area contributed by atoms with Gasteiger partial charge in [-0.25, -0.2) is 0 Å². The van der Waals surface area contributed by atoms with Crippen molar-refractivity contribution in [2.24, 2.45) is 4.99 Å². The molecule has 0 radical (unpaired) electrons. The number of nitrogens with zero attached hydrogens (tertiary/aromatic N) is 3. The van der Waals surface area contributed by atoms with Gasteiger partial charge >= 0.3 is 0 Å². The molecule has 3 rings (SSSR count). The van der Waals surface area contributed by atoms with Crippen LogP contribution in [-0.2, 0) is 4.79 Å². The molecule has 2 fully saturated rings. The molecule has 6 nitrogen and oxygen atoms in total. The maximum absolute atomic E-state index is 12.0. The third kappa shape index (κ3) is 7.23. The fourth-order valence-electron chi connectivity index (χ4n) is 3.13. The number of rotatable bonds is 7. The van der Waals surface area contributed by atoms with Gasteiger partial charge in [-0.2, -0.15) is 11.3 Å². The van der Waals surface area contributed by atoms with Crippen molar-refractivity contribution < 1.29 is 4.79 Å². The second-order valence-corrected chi connectivity index (χ2v) is 8.04. The zero-order chi connectivity index (χ0) is 18.4. The highest BCUT2D eigenvalue weighted by atomic mass is 127. The summed E-state index contributed by atoms with van der Waals surface area (Å²) in [7, 11) is 0. The Bertz CT molecular complexity index is 597. The number of piperazine rings is 1. The predicted molar refractivity (Wildman–Crippen MR) is 123 cm³/mol. The summed E-state index contributed by atoms with van der Waals surface area (Å²) >= 11 is 1.74. The SMILES string of the molecule is CCNC(=NCC(C)c1ccsc1)N1CCN(CC(=O)NC2CC2)CC1.I. The first kappa shape index (κ1) is 22.4. The van der Waals surface area contributed by atoms with Gasteiger partial charge in [-0.15, -0.1) is 24.0 Å². The van der Waals surface area contributed by atoms with Crippen LogP contribution in [0, 0.1) is 0 Å². The molecule has 1 atom stereocenters. The van der Waals surface area contributed by atoms with Crippen LogP contribution in [0.5, 0.6) is 0 Å². The third-order valence-electron chi connectivity index (χ3n) is 4.94. The molecular formula is C19H32IN5OS. The lowest BCUT2D eigenvalue weighted by Crippen LogP contribution is -2.54. The summed E-state index contributed by atoms with van der Waals surface area (Å²) < 4.78 is 0. The molecule has 1 aliphatic carbocycles. The van der Waals surface area contributed by atoms with E-state index in [1.807, 2.05) is 0 Å². The van der Waals surface area contributed by atoms with Crippen molar-refractivity contribution in [2.75, 3.05) is 45.8 Å². The summed E-state index contributed by atoms with van der Waals surface area (Å²) in [6.07, 6.45) is 2.29. The highest BCUT2D eigenvalue weighted by molar-refractivity contribution is 14.0. The molecule has 1 saturated heterocycles. The van der Waals surface area contributed by atoms with E-state index in [-0.39, 0.29) is 29.9 Å². The van der Waals surface area contributed by atoms with Crippen molar-refractivity contribution >= 4 is 47.2 Å². The van der Waals surface area contributed by atoms with Crippen LogP contribution in [0.4, 0.5) is 0 Å². The summed E-state index contributed by atoms with van der Waals surface area (Å²) in [5.41, 5.74) is 1.36. The van der Waals surface area contributed by atoms with Gasteiger partial charge in [-0.05, 0) is 42.2 Å². The van der Waals surface area contributed by atoms with Gasteiger partial charge in [0.2, 0.25) is 5.91 Å². The molecule has 0 spiro atoms. The topological polar surface area (TPSA) is 60.0 Å². The van der Waals surface area contributed by atoms with Gasteiger partial charge in [0, 0.05) is 51.2 Å². The Balaban J connectivity index is 0.00000261. The highest BCUT2D eigenvalue weighted by Crippen LogP contribution is 2.19. The maximum atomic E-state index is 12.0. The van der Waals surface area contributed by atoms with Crippen molar-refractivity contribution in [3.05, 3.63) is 22.4 Å². The Morgan fingerprint density at radius 2 is 2.07 bits per heavy atom. The van der Waals surface area contributed by atoms with Crippen molar-refractivity contribution in [3.8, 4) is 0 Å². The predicted octanol–water partition coefficient (Wildman–Crippen LogP) is 2.33. The van der Waals surface area contributed by atoms with Gasteiger partial charge in [0.25, 0.3) is 0 Å². The fourth-order valence-corrected chi connectivity index (χ4v) is 3.91. The van der Waals surface area contributed by atoms with Gasteiger partial charge in [0.05, 0.1) is 6.54 Å². The van der Waals surface area contributed by atoms with E-state index in [0.29, 0.717) is 18.5 Å². The summed E-state index contributed by atoms with van der Waals surface area (Å²) in [6, 6.07) is 2.63. The molecule has 0 aromatic carbocycles. The van der Waals surface area contributed by atoms with Gasteiger partial charge in [0.1, 0.15) is 0 Å². The first-order chi connectivity index (χ1) is 12.7. The molecule has 2 heterocycles. The largest absolute Gasteiger partial charge is 0.357 e. The highest BCUT2D eigenvalue weighted by Gasteiger charge is 2.26. The number of guanidine groups is 1. The molecular weight excluding hydrogens is 473 g/mol. The number of nitrogens with one attached hydrogen (secondary N) is 2. The standard InChI is InChI=1S/C19H31N5OS.HI/c1-3-20-19(21-12-15(2)16-6-11-26-14-16)24-9-7-23(8-10-24)13-18(25)22-17-4-5-17;/h6,11,14-15,17H,3-5,7-10,12-13H2,1-2H3,(H,20,21)(H,22,25);1H. The number of carbonyl (C=O) groups is 1. The van der Waals surface area contributed by atoms with Crippen LogP contribution in [0.15, 0.2) is 21.8 Å². The summed E-state index contributed by atoms with van der Waals surface area (Å²) in [5, 5.41) is 10.8. The van der Waals surface area contributed by atoms with Crippen LogP contribution in [0.25, 0.3) is 0 Å². The number of thiophene rings is 1. The molecule has 1 aromatic rings. The van der Waals surface area contributed by atoms with Gasteiger partial charge < -0.3 is 15.5 Å². The van der Waals surface area contributed by atoms with E-state index < -0.39 is 0 Å². The smallest absolute Gasteiger partial charge is 0.234 e. The van der Waals surface area contributed by atoms with Gasteiger partial charge in [-0.3, -0.25) is 14.7 Å². The Morgan fingerprint density at radius 1 is 1.33 bits per heavy atom. The maximum Gasteiger partial charge on any atom is 0.234 e. The average molecular weight is 505 g/mol. The molecule has 1 saturated carbocycles. The van der Waals surface area contributed by atoms with E-state index in [2.05, 4.69) is 51.1 Å². The monoisotopic (exact) mass is 505 g/mol. The van der Waals surface area contributed by atoms with E-state index in [9.17, 15) is 4.79 Å². The summed E-state index contributed by atoms with van der Waals surface area (Å²) in [4.78, 5) is 21.4. The zero-order valence-corrected chi connectivity index (χ0v) is 19.5. The Kier molecular flexibility index (Phi) is 9.31. The molecule has 8 heteroatoms. The molecule has 1 amide bonds. The van der Waals surface area contributed by atoms with E-state index in [0.717, 1.165) is 58.1 Å². The normalized spacial score (nSPS) is 19.3. The van der Waals surface area contributed by atoms with Crippen molar-refractivity contribution in [2.45, 2.75) is 38.6 Å². The van der Waals surface area contributed by atoms with Gasteiger partial charge in [0.15, 0.2) is 5.96 Å². The van der Waals surface area contributed by atoms with E-state index in [1.165, 1.54) is 5.56 Å². The fraction of sp³-hybridized carbons (Fsp3) is 0.684. The quantitative estimate of drug-likeness (QED) is 0.340. The molecule has 2 aliphatic rings. The van der Waals surface area contributed by atoms with E-state index >= 15 is 0 Å². The molecule has 0 bridgehead atoms. The van der Waals surface area contributed by atoms with Crippen LogP contribution >= 0.6 is 35.3 Å². The third-order valence-corrected chi connectivity index (χ3v) is 5.64. The molecule has 1 aromatic heterocycles.